The highest BCUT2D eigenvalue weighted by atomic mass is 79.9. The highest BCUT2D eigenvalue weighted by Gasteiger charge is 2.20. The first-order valence-electron chi connectivity index (χ1n) is 7.24. The molecule has 124 valence electrons. The van der Waals surface area contributed by atoms with Gasteiger partial charge in [-0.1, -0.05) is 32.9 Å². The van der Waals surface area contributed by atoms with E-state index in [9.17, 15) is 12.8 Å². The minimum atomic E-state index is -3.72. The van der Waals surface area contributed by atoms with Gasteiger partial charge in [-0.2, -0.15) is 0 Å². The lowest BCUT2D eigenvalue weighted by atomic mass is 9.82. The van der Waals surface area contributed by atoms with Crippen LogP contribution in [0.1, 0.15) is 32.8 Å². The molecule has 0 radical (unpaired) electrons. The Hall–Kier alpha value is -1.40. The van der Waals surface area contributed by atoms with Crippen molar-refractivity contribution in [3.63, 3.8) is 0 Å². The molecule has 0 fully saturated rings. The first-order valence-corrected chi connectivity index (χ1v) is 9.52. The Labute approximate surface area is 145 Å². The summed E-state index contributed by atoms with van der Waals surface area (Å²) in [5.74, 6) is -0.439. The van der Waals surface area contributed by atoms with E-state index in [1.807, 2.05) is 12.1 Å². The predicted octanol–water partition coefficient (Wildman–Crippen LogP) is 5.08. The number of sulfonamides is 1. The third-order valence-electron chi connectivity index (χ3n) is 4.01. The standard InChI is InChI=1S/C17H19BrFNO2S/c1-4-17(2,3)12-5-8-14(9-6-12)23(21,22)20-16-10-7-13(19)11-15(16)18/h5-11,20H,4H2,1-3H3. The van der Waals surface area contributed by atoms with E-state index in [4.69, 9.17) is 0 Å². The minimum absolute atomic E-state index is 0.00426. The first-order chi connectivity index (χ1) is 10.7. The van der Waals surface area contributed by atoms with Crippen molar-refractivity contribution in [2.45, 2.75) is 37.5 Å². The van der Waals surface area contributed by atoms with Crippen LogP contribution in [0.25, 0.3) is 0 Å². The van der Waals surface area contributed by atoms with Crippen LogP contribution in [0.15, 0.2) is 51.8 Å². The molecular weight excluding hydrogens is 381 g/mol. The fourth-order valence-corrected chi connectivity index (χ4v) is 3.73. The summed E-state index contributed by atoms with van der Waals surface area (Å²) in [6.45, 7) is 6.33. The lowest BCUT2D eigenvalue weighted by molar-refractivity contribution is 0.506. The summed E-state index contributed by atoms with van der Waals surface area (Å²) in [7, 11) is -3.72. The Morgan fingerprint density at radius 3 is 2.26 bits per heavy atom. The number of rotatable bonds is 5. The monoisotopic (exact) mass is 399 g/mol. The third-order valence-corrected chi connectivity index (χ3v) is 6.04. The molecule has 6 heteroatoms. The lowest BCUT2D eigenvalue weighted by Crippen LogP contribution is -2.17. The molecule has 0 spiro atoms. The summed E-state index contributed by atoms with van der Waals surface area (Å²) in [5.41, 5.74) is 1.38. The summed E-state index contributed by atoms with van der Waals surface area (Å²) < 4.78 is 40.8. The van der Waals surface area contributed by atoms with Crippen molar-refractivity contribution in [3.8, 4) is 0 Å². The Morgan fingerprint density at radius 2 is 1.74 bits per heavy atom. The second kappa shape index (κ2) is 6.61. The normalized spacial score (nSPS) is 12.2. The summed E-state index contributed by atoms with van der Waals surface area (Å²) in [6.07, 6.45) is 0.958. The van der Waals surface area contributed by atoms with Crippen LogP contribution in [0.3, 0.4) is 0 Å². The number of halogens is 2. The van der Waals surface area contributed by atoms with Crippen molar-refractivity contribution in [2.75, 3.05) is 4.72 Å². The number of benzene rings is 2. The van der Waals surface area contributed by atoms with E-state index in [1.54, 1.807) is 12.1 Å². The Kier molecular flexibility index (Phi) is 5.16. The average Bonchev–Trinajstić information content (AvgIpc) is 2.50. The van der Waals surface area contributed by atoms with E-state index in [1.165, 1.54) is 18.2 Å². The number of hydrogen-bond acceptors (Lipinski definition) is 2. The van der Waals surface area contributed by atoms with Crippen molar-refractivity contribution in [2.24, 2.45) is 0 Å². The summed E-state index contributed by atoms with van der Waals surface area (Å²) in [6, 6.07) is 10.6. The van der Waals surface area contributed by atoms with Crippen molar-refractivity contribution < 1.29 is 12.8 Å². The molecule has 0 aliphatic carbocycles. The van der Waals surface area contributed by atoms with Gasteiger partial charge in [0.25, 0.3) is 10.0 Å². The highest BCUT2D eigenvalue weighted by molar-refractivity contribution is 9.10. The zero-order chi connectivity index (χ0) is 17.3. The molecule has 3 nitrogen and oxygen atoms in total. The van der Waals surface area contributed by atoms with E-state index in [0.29, 0.717) is 10.2 Å². The first kappa shape index (κ1) is 17.9. The molecule has 0 saturated heterocycles. The van der Waals surface area contributed by atoms with Gasteiger partial charge in [0.1, 0.15) is 5.82 Å². The van der Waals surface area contributed by atoms with Gasteiger partial charge in [0, 0.05) is 4.47 Å². The molecule has 0 amide bonds. The van der Waals surface area contributed by atoms with Gasteiger partial charge in [0.15, 0.2) is 0 Å². The molecule has 0 bridgehead atoms. The smallest absolute Gasteiger partial charge is 0.261 e. The van der Waals surface area contributed by atoms with E-state index in [2.05, 4.69) is 41.4 Å². The molecule has 0 heterocycles. The van der Waals surface area contributed by atoms with E-state index in [0.717, 1.165) is 12.0 Å². The Bertz CT molecular complexity index is 802. The largest absolute Gasteiger partial charge is 0.278 e. The maximum absolute atomic E-state index is 13.1. The second-order valence-corrected chi connectivity index (χ2v) is 8.53. The van der Waals surface area contributed by atoms with Crippen LogP contribution >= 0.6 is 15.9 Å². The molecule has 1 N–H and O–H groups in total. The van der Waals surface area contributed by atoms with Crippen LogP contribution < -0.4 is 4.72 Å². The zero-order valence-electron chi connectivity index (χ0n) is 13.2. The van der Waals surface area contributed by atoms with Gasteiger partial charge in [0.05, 0.1) is 10.6 Å². The molecule has 0 saturated carbocycles. The van der Waals surface area contributed by atoms with Crippen molar-refractivity contribution in [1.29, 1.82) is 0 Å². The van der Waals surface area contributed by atoms with Crippen LogP contribution in [0.5, 0.6) is 0 Å². The minimum Gasteiger partial charge on any atom is -0.278 e. The van der Waals surface area contributed by atoms with Crippen LogP contribution in [-0.4, -0.2) is 8.42 Å². The number of nitrogens with one attached hydrogen (secondary N) is 1. The maximum atomic E-state index is 13.1. The van der Waals surface area contributed by atoms with Gasteiger partial charge in [-0.05, 0) is 63.7 Å². The van der Waals surface area contributed by atoms with Gasteiger partial charge in [0.2, 0.25) is 0 Å². The molecule has 0 unspecified atom stereocenters. The maximum Gasteiger partial charge on any atom is 0.261 e. The number of anilines is 1. The van der Waals surface area contributed by atoms with E-state index >= 15 is 0 Å². The molecule has 0 aromatic heterocycles. The quantitative estimate of drug-likeness (QED) is 0.761. The van der Waals surface area contributed by atoms with Crippen molar-refractivity contribution in [3.05, 3.63) is 58.3 Å². The fourth-order valence-electron chi connectivity index (χ4n) is 2.07. The van der Waals surface area contributed by atoms with E-state index in [-0.39, 0.29) is 10.3 Å². The van der Waals surface area contributed by atoms with Crippen molar-refractivity contribution in [1.82, 2.24) is 0 Å². The highest BCUT2D eigenvalue weighted by Crippen LogP contribution is 2.29. The average molecular weight is 400 g/mol. The van der Waals surface area contributed by atoms with Gasteiger partial charge in [-0.25, -0.2) is 12.8 Å². The second-order valence-electron chi connectivity index (χ2n) is 5.99. The van der Waals surface area contributed by atoms with Gasteiger partial charge in [-0.3, -0.25) is 4.72 Å². The third kappa shape index (κ3) is 4.12. The Morgan fingerprint density at radius 1 is 1.13 bits per heavy atom. The van der Waals surface area contributed by atoms with Gasteiger partial charge >= 0.3 is 0 Å². The topological polar surface area (TPSA) is 46.2 Å². The summed E-state index contributed by atoms with van der Waals surface area (Å²) in [5, 5.41) is 0. The summed E-state index contributed by atoms with van der Waals surface area (Å²) in [4.78, 5) is 0.171. The molecule has 0 aliphatic rings. The molecule has 0 atom stereocenters. The molecule has 2 aromatic rings. The molecule has 2 aromatic carbocycles. The fraction of sp³-hybridized carbons (Fsp3) is 0.294. The van der Waals surface area contributed by atoms with Gasteiger partial charge in [-0.15, -0.1) is 0 Å². The Balaban J connectivity index is 2.29. The van der Waals surface area contributed by atoms with Crippen LogP contribution in [0.2, 0.25) is 0 Å². The van der Waals surface area contributed by atoms with Crippen LogP contribution in [-0.2, 0) is 15.4 Å². The van der Waals surface area contributed by atoms with Crippen LogP contribution in [0, 0.1) is 5.82 Å². The molecule has 2 rings (SSSR count). The predicted molar refractivity (Wildman–Crippen MR) is 94.7 cm³/mol. The molecule has 23 heavy (non-hydrogen) atoms. The molecular formula is C17H19BrFNO2S. The SMILES string of the molecule is CCC(C)(C)c1ccc(S(=O)(=O)Nc2ccc(F)cc2Br)cc1. The molecule has 0 aliphatic heterocycles. The van der Waals surface area contributed by atoms with Gasteiger partial charge < -0.3 is 0 Å². The van der Waals surface area contributed by atoms with Crippen molar-refractivity contribution >= 4 is 31.6 Å². The summed E-state index contributed by atoms with van der Waals surface area (Å²) >= 11 is 3.15. The number of hydrogen-bond donors (Lipinski definition) is 1. The van der Waals surface area contributed by atoms with E-state index < -0.39 is 15.8 Å². The van der Waals surface area contributed by atoms with Crippen LogP contribution in [0.4, 0.5) is 10.1 Å². The lowest BCUT2D eigenvalue weighted by Gasteiger charge is -2.23. The zero-order valence-corrected chi connectivity index (χ0v) is 15.6.